The Morgan fingerprint density at radius 3 is 2.36 bits per heavy atom. The fourth-order valence-electron chi connectivity index (χ4n) is 3.70. The average Bonchev–Trinajstić information content (AvgIpc) is 2.93. The number of aromatic nitrogens is 1. The second kappa shape index (κ2) is 7.89. The number of aryl methyl sites for hydroxylation is 2. The molecule has 0 unspecified atom stereocenters. The summed E-state index contributed by atoms with van der Waals surface area (Å²) in [6.07, 6.45) is 7.25. The molecule has 0 bridgehead atoms. The predicted octanol–water partition coefficient (Wildman–Crippen LogP) is 2.98. The highest BCUT2D eigenvalue weighted by Crippen LogP contribution is 2.26. The van der Waals surface area contributed by atoms with Gasteiger partial charge in [0.15, 0.2) is 0 Å². The van der Waals surface area contributed by atoms with Crippen molar-refractivity contribution in [2.75, 3.05) is 18.4 Å². The second-order valence-electron chi connectivity index (χ2n) is 7.19. The molecule has 1 aromatic heterocycles. The number of hydrogen-bond acceptors (Lipinski definition) is 4. The summed E-state index contributed by atoms with van der Waals surface area (Å²) >= 11 is 0. The number of carbonyl (C=O) groups is 2. The van der Waals surface area contributed by atoms with E-state index in [1.807, 2.05) is 18.7 Å². The van der Waals surface area contributed by atoms with Crippen molar-refractivity contribution in [3.05, 3.63) is 11.5 Å². The van der Waals surface area contributed by atoms with Crippen molar-refractivity contribution in [1.29, 1.82) is 0 Å². The number of urea groups is 1. The molecule has 7 nitrogen and oxygen atoms in total. The fraction of sp³-hybridized carbons (Fsp3) is 0.722. The summed E-state index contributed by atoms with van der Waals surface area (Å²) in [7, 11) is 0. The molecular weight excluding hydrogens is 320 g/mol. The molecule has 1 aliphatic carbocycles. The molecule has 7 heteroatoms. The van der Waals surface area contributed by atoms with Crippen molar-refractivity contribution in [2.24, 2.45) is 5.92 Å². The number of anilines is 1. The zero-order valence-electron chi connectivity index (χ0n) is 15.1. The molecule has 2 aliphatic rings. The Kier molecular flexibility index (Phi) is 5.60. The van der Waals surface area contributed by atoms with E-state index in [2.05, 4.69) is 15.6 Å². The Morgan fingerprint density at radius 1 is 1.08 bits per heavy atom. The van der Waals surface area contributed by atoms with E-state index in [9.17, 15) is 9.59 Å². The minimum absolute atomic E-state index is 0.0764. The summed E-state index contributed by atoms with van der Waals surface area (Å²) < 4.78 is 5.35. The van der Waals surface area contributed by atoms with Crippen LogP contribution in [0.3, 0.4) is 0 Å². The Balaban J connectivity index is 1.42. The van der Waals surface area contributed by atoms with Crippen LogP contribution in [0, 0.1) is 19.8 Å². The van der Waals surface area contributed by atoms with E-state index in [4.69, 9.17) is 4.42 Å². The van der Waals surface area contributed by atoms with Crippen LogP contribution in [0.1, 0.15) is 56.4 Å². The molecule has 3 rings (SSSR count). The van der Waals surface area contributed by atoms with Crippen LogP contribution in [-0.4, -0.2) is 41.0 Å². The van der Waals surface area contributed by atoms with Crippen LogP contribution >= 0.6 is 0 Å². The molecule has 0 spiro atoms. The SMILES string of the molecule is Cc1nc(NC(=O)NC2CCN(C(=O)C3CCCCC3)CC2)oc1C. The van der Waals surface area contributed by atoms with Gasteiger partial charge in [-0.25, -0.2) is 4.79 Å². The van der Waals surface area contributed by atoms with Crippen LogP contribution in [0.2, 0.25) is 0 Å². The van der Waals surface area contributed by atoms with Gasteiger partial charge in [-0.05, 0) is 39.5 Å². The smallest absolute Gasteiger partial charge is 0.323 e. The highest BCUT2D eigenvalue weighted by atomic mass is 16.4. The van der Waals surface area contributed by atoms with Crippen molar-refractivity contribution in [3.63, 3.8) is 0 Å². The minimum Gasteiger partial charge on any atom is -0.428 e. The fourth-order valence-corrected chi connectivity index (χ4v) is 3.70. The Hall–Kier alpha value is -2.05. The number of nitrogens with one attached hydrogen (secondary N) is 2. The number of nitrogens with zero attached hydrogens (tertiary/aromatic N) is 2. The van der Waals surface area contributed by atoms with E-state index in [-0.39, 0.29) is 24.0 Å². The maximum Gasteiger partial charge on any atom is 0.323 e. The van der Waals surface area contributed by atoms with Gasteiger partial charge in [-0.3, -0.25) is 10.1 Å². The Labute approximate surface area is 148 Å². The molecule has 2 heterocycles. The van der Waals surface area contributed by atoms with Gasteiger partial charge in [0.05, 0.1) is 5.69 Å². The monoisotopic (exact) mass is 348 g/mol. The van der Waals surface area contributed by atoms with Gasteiger partial charge in [0.2, 0.25) is 5.91 Å². The van der Waals surface area contributed by atoms with Gasteiger partial charge in [-0.2, -0.15) is 4.98 Å². The second-order valence-corrected chi connectivity index (χ2v) is 7.19. The van der Waals surface area contributed by atoms with Crippen molar-refractivity contribution < 1.29 is 14.0 Å². The number of hydrogen-bond donors (Lipinski definition) is 2. The molecule has 0 atom stereocenters. The van der Waals surface area contributed by atoms with E-state index in [1.54, 1.807) is 0 Å². The topological polar surface area (TPSA) is 87.5 Å². The maximum absolute atomic E-state index is 12.6. The molecule has 1 aromatic rings. The van der Waals surface area contributed by atoms with Crippen LogP contribution in [0.25, 0.3) is 0 Å². The van der Waals surface area contributed by atoms with Crippen LogP contribution in [0.4, 0.5) is 10.8 Å². The Bertz CT molecular complexity index is 594. The third-order valence-electron chi connectivity index (χ3n) is 5.35. The molecule has 2 fully saturated rings. The minimum atomic E-state index is -0.307. The summed E-state index contributed by atoms with van der Waals surface area (Å²) in [6, 6.07) is -0.0109. The van der Waals surface area contributed by atoms with Gasteiger partial charge >= 0.3 is 12.0 Å². The molecule has 2 N–H and O–H groups in total. The van der Waals surface area contributed by atoms with E-state index in [1.165, 1.54) is 19.3 Å². The lowest BCUT2D eigenvalue weighted by atomic mass is 9.87. The molecule has 25 heavy (non-hydrogen) atoms. The number of piperidine rings is 1. The summed E-state index contributed by atoms with van der Waals surface area (Å²) in [4.78, 5) is 30.7. The third kappa shape index (κ3) is 4.52. The molecule has 0 aromatic carbocycles. The lowest BCUT2D eigenvalue weighted by Crippen LogP contribution is -2.49. The normalized spacial score (nSPS) is 19.7. The maximum atomic E-state index is 12.6. The molecule has 1 aliphatic heterocycles. The van der Waals surface area contributed by atoms with E-state index in [0.29, 0.717) is 11.7 Å². The Morgan fingerprint density at radius 2 is 1.76 bits per heavy atom. The first-order valence-electron chi connectivity index (χ1n) is 9.33. The predicted molar refractivity (Wildman–Crippen MR) is 94.3 cm³/mol. The first-order chi connectivity index (χ1) is 12.0. The van der Waals surface area contributed by atoms with Gasteiger partial charge < -0.3 is 14.6 Å². The summed E-state index contributed by atoms with van der Waals surface area (Å²) in [5.41, 5.74) is 0.768. The zero-order chi connectivity index (χ0) is 17.8. The van der Waals surface area contributed by atoms with Gasteiger partial charge in [-0.15, -0.1) is 0 Å². The van der Waals surface area contributed by atoms with Crippen LogP contribution < -0.4 is 10.6 Å². The van der Waals surface area contributed by atoms with Crippen molar-refractivity contribution in [2.45, 2.75) is 64.8 Å². The zero-order valence-corrected chi connectivity index (χ0v) is 15.1. The molecule has 138 valence electrons. The average molecular weight is 348 g/mol. The van der Waals surface area contributed by atoms with Crippen molar-refractivity contribution in [3.8, 4) is 0 Å². The number of carbonyl (C=O) groups excluding carboxylic acids is 2. The van der Waals surface area contributed by atoms with Gasteiger partial charge in [0.1, 0.15) is 5.76 Å². The first kappa shape index (κ1) is 17.8. The highest BCUT2D eigenvalue weighted by Gasteiger charge is 2.29. The largest absolute Gasteiger partial charge is 0.428 e. The van der Waals surface area contributed by atoms with Crippen molar-refractivity contribution in [1.82, 2.24) is 15.2 Å². The van der Waals surface area contributed by atoms with Crippen molar-refractivity contribution >= 4 is 18.0 Å². The lowest BCUT2D eigenvalue weighted by Gasteiger charge is -2.35. The molecule has 1 saturated carbocycles. The van der Waals surface area contributed by atoms with Gasteiger partial charge in [0.25, 0.3) is 0 Å². The lowest BCUT2D eigenvalue weighted by molar-refractivity contribution is -0.137. The molecule has 3 amide bonds. The van der Waals surface area contributed by atoms with E-state index in [0.717, 1.165) is 44.5 Å². The highest BCUT2D eigenvalue weighted by molar-refractivity contribution is 5.87. The summed E-state index contributed by atoms with van der Waals surface area (Å²) in [5.74, 6) is 1.23. The standard InChI is InChI=1S/C18H28N4O3/c1-12-13(2)25-18(19-12)21-17(24)20-15-8-10-22(11-9-15)16(23)14-6-4-3-5-7-14/h14-15H,3-11H2,1-2H3,(H2,19,20,21,24). The number of amides is 3. The number of likely N-dealkylation sites (tertiary alicyclic amines) is 1. The molecule has 0 radical (unpaired) electrons. The van der Waals surface area contributed by atoms with Crippen LogP contribution in [0.15, 0.2) is 4.42 Å². The van der Waals surface area contributed by atoms with E-state index >= 15 is 0 Å². The van der Waals surface area contributed by atoms with Gasteiger partial charge in [-0.1, -0.05) is 19.3 Å². The first-order valence-corrected chi connectivity index (χ1v) is 9.33. The molecular formula is C18H28N4O3. The molecule has 1 saturated heterocycles. The van der Waals surface area contributed by atoms with E-state index < -0.39 is 0 Å². The summed E-state index contributed by atoms with van der Waals surface area (Å²) in [6.45, 7) is 5.08. The van der Waals surface area contributed by atoms with Gasteiger partial charge in [0, 0.05) is 25.0 Å². The van der Waals surface area contributed by atoms with Crippen LogP contribution in [0.5, 0.6) is 0 Å². The summed E-state index contributed by atoms with van der Waals surface area (Å²) in [5, 5.41) is 5.58. The quantitative estimate of drug-likeness (QED) is 0.879. The number of rotatable bonds is 3. The number of oxazole rings is 1. The third-order valence-corrected chi connectivity index (χ3v) is 5.35. The van der Waals surface area contributed by atoms with Crippen LogP contribution in [-0.2, 0) is 4.79 Å².